The third kappa shape index (κ3) is 6.82. The minimum Gasteiger partial charge on any atom is -0.483 e. The van der Waals surface area contributed by atoms with Gasteiger partial charge in [-0.3, -0.25) is 9.59 Å². The molecule has 5 nitrogen and oxygen atoms in total. The van der Waals surface area contributed by atoms with Crippen molar-refractivity contribution in [1.82, 2.24) is 10.2 Å². The molecule has 0 unspecified atom stereocenters. The first-order valence-corrected chi connectivity index (χ1v) is 11.5. The zero-order valence-corrected chi connectivity index (χ0v) is 20.0. The van der Waals surface area contributed by atoms with Crippen LogP contribution in [0.5, 0.6) is 5.75 Å². The average molecular weight is 447 g/mol. The summed E-state index contributed by atoms with van der Waals surface area (Å²) in [6.45, 7) is 8.08. The predicted molar refractivity (Wildman–Crippen MR) is 133 cm³/mol. The molecule has 0 saturated carbocycles. The maximum absolute atomic E-state index is 13.4. The smallest absolute Gasteiger partial charge is 0.261 e. The highest BCUT2D eigenvalue weighted by Gasteiger charge is 2.30. The minimum atomic E-state index is -0.559. The lowest BCUT2D eigenvalue weighted by Gasteiger charge is -2.33. The molecule has 0 bridgehead atoms. The Morgan fingerprint density at radius 2 is 1.61 bits per heavy atom. The molecule has 33 heavy (non-hydrogen) atoms. The Kier molecular flexibility index (Phi) is 8.10. The van der Waals surface area contributed by atoms with Crippen molar-refractivity contribution in [3.8, 4) is 5.75 Å². The van der Waals surface area contributed by atoms with Gasteiger partial charge in [0.1, 0.15) is 11.8 Å². The molecular formula is C28H34N2O3. The molecule has 0 aliphatic rings. The molecule has 0 heterocycles. The summed E-state index contributed by atoms with van der Waals surface area (Å²) in [6, 6.07) is 23.2. The monoisotopic (exact) mass is 446 g/mol. The van der Waals surface area contributed by atoms with Crippen LogP contribution in [0.1, 0.15) is 39.7 Å². The molecule has 1 atom stereocenters. The first kappa shape index (κ1) is 24.3. The van der Waals surface area contributed by atoms with Crippen LogP contribution in [0.4, 0.5) is 0 Å². The highest BCUT2D eigenvalue weighted by atomic mass is 16.5. The Morgan fingerprint density at radius 1 is 0.939 bits per heavy atom. The summed E-state index contributed by atoms with van der Waals surface area (Å²) in [5, 5.41) is 5.04. The van der Waals surface area contributed by atoms with E-state index in [1.54, 1.807) is 4.90 Å². The van der Waals surface area contributed by atoms with E-state index in [1.807, 2.05) is 100 Å². The second kappa shape index (κ2) is 11.0. The van der Waals surface area contributed by atoms with Crippen molar-refractivity contribution in [3.05, 3.63) is 78.4 Å². The number of nitrogens with one attached hydrogen (secondary N) is 1. The molecular weight excluding hydrogens is 412 g/mol. The van der Waals surface area contributed by atoms with E-state index < -0.39 is 6.04 Å². The van der Waals surface area contributed by atoms with Crippen LogP contribution in [0.15, 0.2) is 72.8 Å². The topological polar surface area (TPSA) is 58.6 Å². The van der Waals surface area contributed by atoms with Crippen LogP contribution in [0, 0.1) is 0 Å². The number of carbonyl (C=O) groups is 2. The molecule has 3 aromatic rings. The van der Waals surface area contributed by atoms with Crippen LogP contribution in [0.2, 0.25) is 0 Å². The molecule has 0 saturated heterocycles. The van der Waals surface area contributed by atoms with Crippen LogP contribution in [0.25, 0.3) is 10.8 Å². The second-order valence-corrected chi connectivity index (χ2v) is 9.25. The first-order chi connectivity index (χ1) is 15.8. The molecule has 0 aromatic heterocycles. The second-order valence-electron chi connectivity index (χ2n) is 9.25. The van der Waals surface area contributed by atoms with Crippen molar-refractivity contribution >= 4 is 22.6 Å². The number of benzene rings is 3. The maximum Gasteiger partial charge on any atom is 0.261 e. The molecule has 0 aliphatic carbocycles. The van der Waals surface area contributed by atoms with E-state index in [0.717, 1.165) is 16.3 Å². The fraction of sp³-hybridized carbons (Fsp3) is 0.357. The van der Waals surface area contributed by atoms with Crippen molar-refractivity contribution < 1.29 is 14.3 Å². The summed E-state index contributed by atoms with van der Waals surface area (Å²) in [7, 11) is 0. The lowest BCUT2D eigenvalue weighted by atomic mass is 10.1. The van der Waals surface area contributed by atoms with E-state index in [2.05, 4.69) is 5.32 Å². The van der Waals surface area contributed by atoms with Gasteiger partial charge >= 0.3 is 0 Å². The number of rotatable bonds is 9. The van der Waals surface area contributed by atoms with Crippen LogP contribution in [-0.2, 0) is 16.0 Å². The lowest BCUT2D eigenvalue weighted by Crippen LogP contribution is -2.54. The molecule has 0 radical (unpaired) electrons. The summed E-state index contributed by atoms with van der Waals surface area (Å²) in [6.07, 6.45) is 1.19. The molecule has 5 heteroatoms. The molecule has 3 rings (SSSR count). The van der Waals surface area contributed by atoms with Gasteiger partial charge in [-0.05, 0) is 50.6 Å². The minimum absolute atomic E-state index is 0.123. The van der Waals surface area contributed by atoms with E-state index in [-0.39, 0.29) is 24.0 Å². The van der Waals surface area contributed by atoms with Gasteiger partial charge in [-0.25, -0.2) is 0 Å². The van der Waals surface area contributed by atoms with Gasteiger partial charge in [0.05, 0.1) is 0 Å². The van der Waals surface area contributed by atoms with E-state index in [9.17, 15) is 9.59 Å². The first-order valence-electron chi connectivity index (χ1n) is 11.5. The van der Waals surface area contributed by atoms with Gasteiger partial charge in [-0.15, -0.1) is 0 Å². The number of hydrogen-bond donors (Lipinski definition) is 1. The third-order valence-electron chi connectivity index (χ3n) is 5.47. The number of amides is 2. The number of fused-ring (bicyclic) bond motifs is 1. The van der Waals surface area contributed by atoms with Gasteiger partial charge in [0.25, 0.3) is 5.91 Å². The summed E-state index contributed by atoms with van der Waals surface area (Å²) in [5.74, 6) is 0.322. The fourth-order valence-corrected chi connectivity index (χ4v) is 3.89. The van der Waals surface area contributed by atoms with Gasteiger partial charge in [0, 0.05) is 17.5 Å². The quantitative estimate of drug-likeness (QED) is 0.504. The largest absolute Gasteiger partial charge is 0.483 e. The summed E-state index contributed by atoms with van der Waals surface area (Å²) in [5.41, 5.74) is 0.745. The number of ether oxygens (including phenoxy) is 1. The van der Waals surface area contributed by atoms with Crippen molar-refractivity contribution in [3.63, 3.8) is 0 Å². The molecule has 174 valence electrons. The highest BCUT2D eigenvalue weighted by molar-refractivity contribution is 5.90. The summed E-state index contributed by atoms with van der Waals surface area (Å²) in [4.78, 5) is 28.1. The Labute approximate surface area is 196 Å². The predicted octanol–water partition coefficient (Wildman–Crippen LogP) is 4.98. The summed E-state index contributed by atoms with van der Waals surface area (Å²) < 4.78 is 5.97. The van der Waals surface area contributed by atoms with E-state index in [0.29, 0.717) is 25.1 Å². The maximum atomic E-state index is 13.4. The van der Waals surface area contributed by atoms with Gasteiger partial charge in [-0.1, -0.05) is 73.7 Å². The van der Waals surface area contributed by atoms with Crippen LogP contribution < -0.4 is 10.1 Å². The van der Waals surface area contributed by atoms with Gasteiger partial charge in [0.15, 0.2) is 6.61 Å². The normalized spacial score (nSPS) is 12.2. The molecule has 2 amide bonds. The zero-order valence-electron chi connectivity index (χ0n) is 20.0. The van der Waals surface area contributed by atoms with Crippen LogP contribution in [-0.4, -0.2) is 41.4 Å². The van der Waals surface area contributed by atoms with Gasteiger partial charge in [0.2, 0.25) is 5.91 Å². The average Bonchev–Trinajstić information content (AvgIpc) is 2.79. The SMILES string of the molecule is CC[C@H](C(=O)NC(C)(C)C)N(CCc1ccccc1)C(=O)COc1cccc2ccccc12. The third-order valence-corrected chi connectivity index (χ3v) is 5.47. The van der Waals surface area contributed by atoms with Crippen molar-refractivity contribution in [2.75, 3.05) is 13.2 Å². The number of carbonyl (C=O) groups excluding carboxylic acids is 2. The molecule has 0 spiro atoms. The van der Waals surface area contributed by atoms with E-state index in [4.69, 9.17) is 4.74 Å². The Bertz CT molecular complexity index is 1070. The van der Waals surface area contributed by atoms with Crippen molar-refractivity contribution in [2.24, 2.45) is 0 Å². The number of nitrogens with zero attached hydrogens (tertiary/aromatic N) is 1. The Balaban J connectivity index is 1.78. The molecule has 0 aliphatic heterocycles. The highest BCUT2D eigenvalue weighted by Crippen LogP contribution is 2.25. The van der Waals surface area contributed by atoms with Crippen LogP contribution in [0.3, 0.4) is 0 Å². The van der Waals surface area contributed by atoms with Crippen molar-refractivity contribution in [1.29, 1.82) is 0 Å². The zero-order chi connectivity index (χ0) is 23.8. The molecule has 1 N–H and O–H groups in total. The van der Waals surface area contributed by atoms with Gasteiger partial charge in [-0.2, -0.15) is 0 Å². The fourth-order valence-electron chi connectivity index (χ4n) is 3.89. The van der Waals surface area contributed by atoms with Crippen molar-refractivity contribution in [2.45, 2.75) is 52.1 Å². The standard InChI is InChI=1S/C28H34N2O3/c1-5-24(27(32)29-28(2,3)4)30(19-18-21-12-7-6-8-13-21)26(31)20-33-25-17-11-15-22-14-9-10-16-23(22)25/h6-17,24H,5,18-20H2,1-4H3,(H,29,32)/t24-/m1/s1. The summed E-state index contributed by atoms with van der Waals surface area (Å²) >= 11 is 0. The number of hydrogen-bond acceptors (Lipinski definition) is 3. The van der Waals surface area contributed by atoms with Gasteiger partial charge < -0.3 is 15.0 Å². The Morgan fingerprint density at radius 3 is 2.30 bits per heavy atom. The van der Waals surface area contributed by atoms with Crippen LogP contribution >= 0.6 is 0 Å². The molecule has 0 fully saturated rings. The lowest BCUT2D eigenvalue weighted by molar-refractivity contribution is -0.142. The molecule has 3 aromatic carbocycles. The Hall–Kier alpha value is -3.34. The van der Waals surface area contributed by atoms with E-state index >= 15 is 0 Å². The van der Waals surface area contributed by atoms with E-state index in [1.165, 1.54) is 0 Å².